The Hall–Kier alpha value is -8.92. The summed E-state index contributed by atoms with van der Waals surface area (Å²) in [6, 6.07) is 93.0. The minimum absolute atomic E-state index is 0.664. The molecule has 1 unspecified atom stereocenters. The minimum Gasteiger partial charge on any atom is -0.457 e. The second-order valence-corrected chi connectivity index (χ2v) is 18.0. The van der Waals surface area contributed by atoms with Crippen LogP contribution in [0, 0.1) is 0 Å². The number of nitrogens with zero attached hydrogens (tertiary/aromatic N) is 2. The number of benzene rings is 11. The van der Waals surface area contributed by atoms with E-state index in [-0.39, 0.29) is 0 Å². The van der Waals surface area contributed by atoms with Gasteiger partial charge in [-0.1, -0.05) is 188 Å². The average Bonchev–Trinajstić information content (AvgIpc) is 3.89. The Bertz CT molecular complexity index is 3960. The van der Waals surface area contributed by atoms with Crippen LogP contribution in [0.15, 0.2) is 255 Å². The van der Waals surface area contributed by atoms with E-state index in [2.05, 4.69) is 264 Å². The van der Waals surface area contributed by atoms with Crippen molar-refractivity contribution in [2.24, 2.45) is 0 Å². The largest absolute Gasteiger partial charge is 0.457 e. The van der Waals surface area contributed by atoms with Gasteiger partial charge in [-0.2, -0.15) is 0 Å². The van der Waals surface area contributed by atoms with Crippen molar-refractivity contribution in [1.82, 2.24) is 4.57 Å². The Labute approximate surface area is 395 Å². The van der Waals surface area contributed by atoms with Crippen LogP contribution in [0.4, 0.5) is 17.1 Å². The second kappa shape index (κ2) is 15.1. The lowest BCUT2D eigenvalue weighted by molar-refractivity contribution is 0.436. The predicted octanol–water partition coefficient (Wildman–Crippen LogP) is 17.2. The van der Waals surface area contributed by atoms with Crippen LogP contribution in [0.2, 0.25) is 0 Å². The topological polar surface area (TPSA) is 17.4 Å². The number of hydrogen-bond acceptors (Lipinski definition) is 2. The lowest BCUT2D eigenvalue weighted by atomic mass is 9.66. The van der Waals surface area contributed by atoms with Gasteiger partial charge in [0.1, 0.15) is 11.5 Å². The molecule has 2 heterocycles. The van der Waals surface area contributed by atoms with Crippen LogP contribution in [0.1, 0.15) is 22.3 Å². The Morgan fingerprint density at radius 1 is 0.338 bits per heavy atom. The van der Waals surface area contributed by atoms with Crippen LogP contribution in [-0.4, -0.2) is 4.57 Å². The molecule has 1 spiro atoms. The van der Waals surface area contributed by atoms with Gasteiger partial charge < -0.3 is 14.2 Å². The number of aromatic nitrogens is 1. The number of rotatable bonds is 6. The van der Waals surface area contributed by atoms with Gasteiger partial charge in [-0.3, -0.25) is 0 Å². The summed E-state index contributed by atoms with van der Waals surface area (Å²) in [4.78, 5) is 2.47. The third kappa shape index (κ3) is 5.66. The van der Waals surface area contributed by atoms with Crippen molar-refractivity contribution in [3.8, 4) is 50.6 Å². The third-order valence-corrected chi connectivity index (χ3v) is 14.4. The second-order valence-electron chi connectivity index (χ2n) is 18.0. The SMILES string of the molecule is c1ccc(-c2ccccc2N(c2ccc3c(c2)C2(c4ccccc4Oc4cc(-c5ccc6ccccc6c5)ccc42)c2ccccc2-3)c2ccc3c4ccccc4n(-c4ccccc4)c3c2)cc1. The maximum atomic E-state index is 7.03. The fourth-order valence-electron chi connectivity index (χ4n) is 11.5. The predicted molar refractivity (Wildman–Crippen MR) is 281 cm³/mol. The van der Waals surface area contributed by atoms with Crippen LogP contribution >= 0.6 is 0 Å². The van der Waals surface area contributed by atoms with Crippen molar-refractivity contribution in [2.75, 3.05) is 4.90 Å². The smallest absolute Gasteiger partial charge is 0.132 e. The Balaban J connectivity index is 1.03. The molecule has 318 valence electrons. The molecule has 1 aliphatic carbocycles. The van der Waals surface area contributed by atoms with Gasteiger partial charge in [-0.15, -0.1) is 0 Å². The Morgan fingerprint density at radius 2 is 0.956 bits per heavy atom. The van der Waals surface area contributed by atoms with E-state index in [0.717, 1.165) is 73.1 Å². The van der Waals surface area contributed by atoms with E-state index in [4.69, 9.17) is 4.74 Å². The van der Waals surface area contributed by atoms with Gasteiger partial charge in [0.25, 0.3) is 0 Å². The monoisotopic (exact) mass is 866 g/mol. The standard InChI is InChI=1S/C65H42N2O/c1-3-18-44(19-4-1)51-23-10-14-28-60(51)66(50-35-37-55-54-25-11-15-29-61(54)67(62(55)42-50)48-21-5-2-6-22-48)49-34-36-53-52-24-9-12-26-56(52)65(59(53)41-49)57-27-13-16-30-63(57)68-64-40-47(33-38-58(64)65)46-32-31-43-17-7-8-20-45(43)39-46/h1-42H. The van der Waals surface area contributed by atoms with Crippen LogP contribution in [0.5, 0.6) is 11.5 Å². The molecule has 0 amide bonds. The van der Waals surface area contributed by atoms with E-state index in [1.807, 2.05) is 0 Å². The van der Waals surface area contributed by atoms with Crippen LogP contribution in [0.3, 0.4) is 0 Å². The first-order chi connectivity index (χ1) is 33.7. The van der Waals surface area contributed by atoms with Crippen molar-refractivity contribution >= 4 is 49.6 Å². The molecular weight excluding hydrogens is 825 g/mol. The van der Waals surface area contributed by atoms with Gasteiger partial charge in [-0.05, 0) is 116 Å². The summed E-state index contributed by atoms with van der Waals surface area (Å²) in [5.41, 5.74) is 17.8. The molecule has 1 atom stereocenters. The summed E-state index contributed by atoms with van der Waals surface area (Å²) >= 11 is 0. The fraction of sp³-hybridized carbons (Fsp3) is 0.0154. The highest BCUT2D eigenvalue weighted by Crippen LogP contribution is 2.63. The molecule has 0 N–H and O–H groups in total. The van der Waals surface area contributed by atoms with Crippen molar-refractivity contribution in [3.63, 3.8) is 0 Å². The molecule has 0 radical (unpaired) electrons. The maximum absolute atomic E-state index is 7.03. The highest BCUT2D eigenvalue weighted by atomic mass is 16.5. The normalized spacial score (nSPS) is 14.4. The molecule has 0 saturated carbocycles. The lowest BCUT2D eigenvalue weighted by Crippen LogP contribution is -2.32. The first kappa shape index (κ1) is 38.4. The molecule has 3 heteroatoms. The van der Waals surface area contributed by atoms with E-state index >= 15 is 0 Å². The van der Waals surface area contributed by atoms with E-state index in [1.165, 1.54) is 49.3 Å². The van der Waals surface area contributed by atoms with Crippen molar-refractivity contribution < 1.29 is 4.74 Å². The molecule has 3 nitrogen and oxygen atoms in total. The average molecular weight is 867 g/mol. The van der Waals surface area contributed by atoms with Crippen molar-refractivity contribution in [3.05, 3.63) is 277 Å². The molecule has 0 fully saturated rings. The molecule has 0 bridgehead atoms. The first-order valence-electron chi connectivity index (χ1n) is 23.4. The van der Waals surface area contributed by atoms with Crippen molar-refractivity contribution in [2.45, 2.75) is 5.41 Å². The minimum atomic E-state index is -0.664. The van der Waals surface area contributed by atoms with Gasteiger partial charge in [0.05, 0.1) is 22.1 Å². The zero-order chi connectivity index (χ0) is 44.8. The molecule has 1 aliphatic heterocycles. The summed E-state index contributed by atoms with van der Waals surface area (Å²) in [6.07, 6.45) is 0. The maximum Gasteiger partial charge on any atom is 0.132 e. The van der Waals surface area contributed by atoms with E-state index in [9.17, 15) is 0 Å². The van der Waals surface area contributed by atoms with Gasteiger partial charge in [-0.25, -0.2) is 0 Å². The van der Waals surface area contributed by atoms with Crippen LogP contribution in [0.25, 0.3) is 71.6 Å². The molecule has 68 heavy (non-hydrogen) atoms. The number of para-hydroxylation sites is 4. The van der Waals surface area contributed by atoms with E-state index in [1.54, 1.807) is 0 Å². The molecule has 11 aromatic carbocycles. The van der Waals surface area contributed by atoms with Crippen LogP contribution < -0.4 is 9.64 Å². The van der Waals surface area contributed by atoms with Gasteiger partial charge in [0, 0.05) is 44.5 Å². The number of anilines is 3. The molecule has 1 aromatic heterocycles. The first-order valence-corrected chi connectivity index (χ1v) is 23.4. The Kier molecular flexibility index (Phi) is 8.50. The summed E-state index contributed by atoms with van der Waals surface area (Å²) in [5, 5.41) is 4.89. The van der Waals surface area contributed by atoms with Crippen LogP contribution in [-0.2, 0) is 5.41 Å². The quantitative estimate of drug-likeness (QED) is 0.166. The van der Waals surface area contributed by atoms with Gasteiger partial charge in [0.2, 0.25) is 0 Å². The summed E-state index contributed by atoms with van der Waals surface area (Å²) < 4.78 is 9.43. The zero-order valence-electron chi connectivity index (χ0n) is 37.1. The lowest BCUT2D eigenvalue weighted by Gasteiger charge is -2.40. The van der Waals surface area contributed by atoms with Gasteiger partial charge >= 0.3 is 0 Å². The van der Waals surface area contributed by atoms with Crippen molar-refractivity contribution in [1.29, 1.82) is 0 Å². The molecule has 14 rings (SSSR count). The van der Waals surface area contributed by atoms with Gasteiger partial charge in [0.15, 0.2) is 0 Å². The van der Waals surface area contributed by atoms with E-state index < -0.39 is 5.41 Å². The molecule has 2 aliphatic rings. The Morgan fingerprint density at radius 3 is 1.84 bits per heavy atom. The zero-order valence-corrected chi connectivity index (χ0v) is 37.1. The number of hydrogen-bond donors (Lipinski definition) is 0. The highest BCUT2D eigenvalue weighted by molar-refractivity contribution is 6.10. The summed E-state index contributed by atoms with van der Waals surface area (Å²) in [5.74, 6) is 1.74. The van der Waals surface area contributed by atoms with E-state index in [0.29, 0.717) is 0 Å². The summed E-state index contributed by atoms with van der Waals surface area (Å²) in [7, 11) is 0. The number of fused-ring (bicyclic) bond motifs is 13. The number of ether oxygens (including phenoxy) is 1. The molecule has 0 saturated heterocycles. The fourth-order valence-corrected chi connectivity index (χ4v) is 11.5. The molecule has 12 aromatic rings. The third-order valence-electron chi connectivity index (χ3n) is 14.4. The molecular formula is C65H42N2O. The highest BCUT2D eigenvalue weighted by Gasteiger charge is 2.51. The summed E-state index contributed by atoms with van der Waals surface area (Å²) in [6.45, 7) is 0.